The van der Waals surface area contributed by atoms with E-state index in [2.05, 4.69) is 49.4 Å². The molecule has 95 heavy (non-hydrogen) atoms. The predicted molar refractivity (Wildman–Crippen MR) is 371 cm³/mol. The van der Waals surface area contributed by atoms with E-state index in [4.69, 9.17) is 29.4 Å². The number of aryl methyl sites for hydroxylation is 8. The number of nitrogens with two attached hydrogens (primary N) is 1. The van der Waals surface area contributed by atoms with Gasteiger partial charge in [-0.3, -0.25) is 14.4 Å². The molecule has 4 rings (SSSR count). The molecule has 0 aliphatic rings. The summed E-state index contributed by atoms with van der Waals surface area (Å²) >= 11 is 0. The quantitative estimate of drug-likeness (QED) is 0.0119. The average molecular weight is 1320 g/mol. The summed E-state index contributed by atoms with van der Waals surface area (Å²) in [4.78, 5) is 104. The number of rotatable bonds is 36. The molecule has 0 bridgehead atoms. The van der Waals surface area contributed by atoms with Crippen LogP contribution < -0.4 is 43.0 Å². The Balaban J connectivity index is 1.50. The summed E-state index contributed by atoms with van der Waals surface area (Å²) in [5, 5.41) is 20.5. The summed E-state index contributed by atoms with van der Waals surface area (Å²) in [6.45, 7) is 26.8. The maximum absolute atomic E-state index is 14.1. The minimum absolute atomic E-state index is 0.243. The van der Waals surface area contributed by atoms with Gasteiger partial charge in [-0.25, -0.2) is 24.0 Å². The molecule has 0 aliphatic heterocycles. The molecular formula is C74H110N8O13. The predicted octanol–water partition coefficient (Wildman–Crippen LogP) is 11.7. The van der Waals surface area contributed by atoms with Crippen molar-refractivity contribution < 1.29 is 62.0 Å². The molecule has 0 heterocycles. The van der Waals surface area contributed by atoms with Gasteiger partial charge in [-0.15, -0.1) is 0 Å². The number of hydrogen-bond donors (Lipinski definition) is 8. The minimum Gasteiger partial charge on any atom is -0.462 e. The topological polar surface area (TPSA) is 293 Å². The average Bonchev–Trinajstić information content (AvgIpc) is 0.881. The molecule has 0 saturated heterocycles. The third-order valence-electron chi connectivity index (χ3n) is 14.2. The second-order valence-corrected chi connectivity index (χ2v) is 28.0. The molecule has 21 heteroatoms. The van der Waals surface area contributed by atoms with Crippen molar-refractivity contribution in [3.8, 4) is 0 Å². The zero-order chi connectivity index (χ0) is 70.2. The summed E-state index contributed by atoms with van der Waals surface area (Å²) < 4.78 is 26.9. The Kier molecular flexibility index (Phi) is 33.0. The van der Waals surface area contributed by atoms with Crippen molar-refractivity contribution >= 4 is 48.1 Å². The monoisotopic (exact) mass is 1320 g/mol. The normalized spacial score (nSPS) is 11.6. The Morgan fingerprint density at radius 2 is 0.505 bits per heavy atom. The lowest BCUT2D eigenvalue weighted by molar-refractivity contribution is 0.0515. The first-order chi connectivity index (χ1) is 44.7. The molecule has 0 radical (unpaired) electrons. The first-order valence-electron chi connectivity index (χ1n) is 33.9. The highest BCUT2D eigenvalue weighted by Gasteiger charge is 2.21. The van der Waals surface area contributed by atoms with Crippen molar-refractivity contribution in [3.63, 3.8) is 0 Å². The highest BCUT2D eigenvalue weighted by atomic mass is 16.6. The van der Waals surface area contributed by atoms with Gasteiger partial charge in [-0.05, 0) is 292 Å². The second kappa shape index (κ2) is 39.6. The Bertz CT molecular complexity index is 2890. The van der Waals surface area contributed by atoms with Crippen LogP contribution in [0.5, 0.6) is 0 Å². The van der Waals surface area contributed by atoms with E-state index in [9.17, 15) is 38.4 Å². The van der Waals surface area contributed by atoms with Crippen LogP contribution in [0.25, 0.3) is 0 Å². The third-order valence-corrected chi connectivity index (χ3v) is 14.2. The fourth-order valence-electron chi connectivity index (χ4n) is 10.2. The van der Waals surface area contributed by atoms with E-state index in [1.807, 2.05) is 60.7 Å². The lowest BCUT2D eigenvalue weighted by Crippen LogP contribution is -2.33. The molecule has 7 amide bonds. The number of alkyl carbamates (subject to hydrolysis) is 4. The molecule has 0 unspecified atom stereocenters. The standard InChI is InChI=1S/C74H110N8O13/c1-14-91-66(86)62-49-51(23-15-31-75)39-58(50-62)26-18-34-78-63(83)59-43-52(24-16-32-76-64(84)60-45-54(27-19-35-79-67(87)92-71(2,3)4)41-55(46-60)28-20-36-80-68(88)93-72(5,6)7)40-53(44-59)25-17-33-77-65(85)61-47-56(29-21-37-81-69(89)94-73(8,9)10)42-57(48-61)30-22-38-82-70(90)95-74(11,12)13/h39-50H,14-38,75H2,1-13H3,(H,76,84)(H,77,85)(H,78,83)(H,79,87)(H,80,88)(H,81,89)(H,82,90). The molecule has 524 valence electrons. The SMILES string of the molecule is CCOC(=O)c1cc(CCCN)cc(CCCNC(=O)c2cc(CCCNC(=O)c3cc(CCCNC(=O)OC(C)(C)C)cc(CCCNC(=O)OC(C)(C)C)c3)cc(CCCNC(=O)c3cc(CCCNC(=O)OC(C)(C)C)cc(CCCNC(=O)OC(C)(C)C)c3)c2)c1. The molecule has 4 aromatic carbocycles. The fraction of sp³-hybridized carbons (Fsp3) is 0.568. The van der Waals surface area contributed by atoms with Gasteiger partial charge in [0.25, 0.3) is 17.7 Å². The van der Waals surface area contributed by atoms with E-state index in [1.54, 1.807) is 90.0 Å². The van der Waals surface area contributed by atoms with Crippen LogP contribution in [0, 0.1) is 0 Å². The summed E-state index contributed by atoms with van der Waals surface area (Å²) in [6, 6.07) is 23.2. The van der Waals surface area contributed by atoms with Gasteiger partial charge in [0.1, 0.15) is 22.4 Å². The van der Waals surface area contributed by atoms with Crippen molar-refractivity contribution in [2.75, 3.05) is 59.0 Å². The first-order valence-corrected chi connectivity index (χ1v) is 33.9. The molecule has 9 N–H and O–H groups in total. The van der Waals surface area contributed by atoms with E-state index >= 15 is 0 Å². The van der Waals surface area contributed by atoms with Gasteiger partial charge in [-0.2, -0.15) is 0 Å². The number of carbonyl (C=O) groups excluding carboxylic acids is 8. The van der Waals surface area contributed by atoms with Crippen LogP contribution in [0.4, 0.5) is 19.2 Å². The second-order valence-electron chi connectivity index (χ2n) is 28.0. The Labute approximate surface area is 564 Å². The van der Waals surface area contributed by atoms with Crippen LogP contribution in [0.2, 0.25) is 0 Å². The van der Waals surface area contributed by atoms with E-state index in [0.717, 1.165) is 57.3 Å². The zero-order valence-electron chi connectivity index (χ0n) is 59.0. The van der Waals surface area contributed by atoms with E-state index in [0.29, 0.717) is 165 Å². The van der Waals surface area contributed by atoms with Gasteiger partial charge in [-0.1, -0.05) is 24.3 Å². The molecule has 4 aromatic rings. The smallest absolute Gasteiger partial charge is 0.407 e. The van der Waals surface area contributed by atoms with Gasteiger partial charge in [0.2, 0.25) is 0 Å². The van der Waals surface area contributed by atoms with Gasteiger partial charge in [0.05, 0.1) is 12.2 Å². The molecule has 0 aromatic heterocycles. The number of hydrogen-bond acceptors (Lipinski definition) is 14. The van der Waals surface area contributed by atoms with Gasteiger partial charge >= 0.3 is 30.3 Å². The van der Waals surface area contributed by atoms with Crippen LogP contribution in [0.3, 0.4) is 0 Å². The Morgan fingerprint density at radius 3 is 0.705 bits per heavy atom. The Hall–Kier alpha value is -8.20. The number of nitrogens with one attached hydrogen (secondary N) is 7. The number of amides is 7. The number of benzene rings is 4. The largest absolute Gasteiger partial charge is 0.462 e. The molecule has 0 atom stereocenters. The van der Waals surface area contributed by atoms with Crippen molar-refractivity contribution in [3.05, 3.63) is 140 Å². The van der Waals surface area contributed by atoms with Crippen LogP contribution in [-0.4, -0.2) is 129 Å². The molecule has 0 spiro atoms. The van der Waals surface area contributed by atoms with E-state index in [1.165, 1.54) is 0 Å². The fourth-order valence-corrected chi connectivity index (χ4v) is 10.2. The highest BCUT2D eigenvalue weighted by molar-refractivity contribution is 5.96. The van der Waals surface area contributed by atoms with Crippen LogP contribution in [0.1, 0.15) is 227 Å². The minimum atomic E-state index is -0.627. The summed E-state index contributed by atoms with van der Waals surface area (Å²) in [7, 11) is 0. The summed E-state index contributed by atoms with van der Waals surface area (Å²) in [6.07, 6.45) is 7.75. The van der Waals surface area contributed by atoms with Crippen molar-refractivity contribution in [2.45, 2.75) is 215 Å². The van der Waals surface area contributed by atoms with Crippen molar-refractivity contribution in [1.82, 2.24) is 37.2 Å². The van der Waals surface area contributed by atoms with Crippen LogP contribution in [0.15, 0.2) is 72.8 Å². The molecule has 0 fully saturated rings. The van der Waals surface area contributed by atoms with E-state index in [-0.39, 0.29) is 30.3 Å². The Morgan fingerprint density at radius 1 is 0.305 bits per heavy atom. The summed E-state index contributed by atoms with van der Waals surface area (Å²) in [5.41, 5.74) is 12.7. The van der Waals surface area contributed by atoms with Gasteiger partial charge in [0, 0.05) is 62.5 Å². The zero-order valence-corrected chi connectivity index (χ0v) is 59.0. The molecular weight excluding hydrogens is 1210 g/mol. The van der Waals surface area contributed by atoms with Crippen LogP contribution >= 0.6 is 0 Å². The maximum Gasteiger partial charge on any atom is 0.407 e. The third kappa shape index (κ3) is 34.7. The van der Waals surface area contributed by atoms with Crippen molar-refractivity contribution in [1.29, 1.82) is 0 Å². The maximum atomic E-state index is 14.1. The first kappa shape index (κ1) is 79.2. The molecule has 21 nitrogen and oxygen atoms in total. The van der Waals surface area contributed by atoms with E-state index < -0.39 is 46.8 Å². The lowest BCUT2D eigenvalue weighted by atomic mass is 9.98. The number of carbonyl (C=O) groups is 8. The van der Waals surface area contributed by atoms with Crippen LogP contribution in [-0.2, 0) is 75.1 Å². The number of ether oxygens (including phenoxy) is 5. The molecule has 0 saturated carbocycles. The highest BCUT2D eigenvalue weighted by Crippen LogP contribution is 2.21. The lowest BCUT2D eigenvalue weighted by Gasteiger charge is -2.19. The summed E-state index contributed by atoms with van der Waals surface area (Å²) in [5.74, 6) is -1.12. The van der Waals surface area contributed by atoms with Gasteiger partial charge in [0.15, 0.2) is 0 Å². The molecule has 0 aliphatic carbocycles. The number of esters is 1. The van der Waals surface area contributed by atoms with Crippen molar-refractivity contribution in [2.24, 2.45) is 5.73 Å². The van der Waals surface area contributed by atoms with Gasteiger partial charge < -0.3 is 66.6 Å².